The van der Waals surface area contributed by atoms with Gasteiger partial charge in [0.1, 0.15) is 5.03 Å². The number of nitrogens with two attached hydrogens (primary N) is 1. The Kier molecular flexibility index (Phi) is 15.5. The zero-order valence-electron chi connectivity index (χ0n) is 17.1. The van der Waals surface area contributed by atoms with Crippen LogP contribution in [0.15, 0.2) is 41.6 Å². The predicted octanol–water partition coefficient (Wildman–Crippen LogP) is 5.43. The van der Waals surface area contributed by atoms with E-state index in [9.17, 15) is 8.78 Å². The SMILES string of the molecule is CC1CCCCC1.CN(O)c1ccnc(SN)c1.COc1cccc(F)c1F.[U]. The average Bonchev–Trinajstić information content (AvgIpc) is 2.71. The van der Waals surface area contributed by atoms with Crippen LogP contribution < -0.4 is 14.9 Å². The standard InChI is InChI=1S/C7H6F2O.C7H14.C6H9N3OS.U/c1-10-6-4-2-3-5(8)7(6)9;1-7-5-3-2-4-6-7;1-9(10)5-2-3-8-6(4-5)11-7;/h2-4H,1H3;7H,2-6H2,1H3;2-4,10H,7H2,1H3;. The first-order valence-electron chi connectivity index (χ1n) is 9.12. The summed E-state index contributed by atoms with van der Waals surface area (Å²) in [6, 6.07) is 7.18. The number of pyridine rings is 1. The number of methoxy groups -OCH3 is 1. The maximum atomic E-state index is 12.5. The van der Waals surface area contributed by atoms with E-state index in [-0.39, 0.29) is 36.9 Å². The molecule has 9 heteroatoms. The normalized spacial score (nSPS) is 13.1. The van der Waals surface area contributed by atoms with Crippen LogP contribution in [0.2, 0.25) is 0 Å². The Morgan fingerprint density at radius 1 is 1.21 bits per heavy atom. The molecule has 1 aliphatic carbocycles. The number of ether oxygens (including phenoxy) is 1. The Morgan fingerprint density at radius 3 is 2.31 bits per heavy atom. The third-order valence-electron chi connectivity index (χ3n) is 4.24. The second kappa shape index (κ2) is 15.9. The van der Waals surface area contributed by atoms with Crippen LogP contribution in [0.5, 0.6) is 5.75 Å². The number of hydroxylamine groups is 1. The zero-order valence-corrected chi connectivity index (χ0v) is 22.0. The first-order valence-corrected chi connectivity index (χ1v) is 10.00. The number of hydrogen-bond acceptors (Lipinski definition) is 6. The average molecular weight is 652 g/mol. The van der Waals surface area contributed by atoms with Crippen molar-refractivity contribution >= 4 is 17.6 Å². The number of hydrogen-bond donors (Lipinski definition) is 2. The molecule has 0 bridgehead atoms. The summed E-state index contributed by atoms with van der Waals surface area (Å²) in [6.45, 7) is 2.36. The van der Waals surface area contributed by atoms with Gasteiger partial charge in [-0.1, -0.05) is 45.1 Å². The van der Waals surface area contributed by atoms with Crippen molar-refractivity contribution in [1.82, 2.24) is 4.98 Å². The maximum absolute atomic E-state index is 12.5. The fourth-order valence-corrected chi connectivity index (χ4v) is 2.92. The summed E-state index contributed by atoms with van der Waals surface area (Å²) in [5.74, 6) is -0.863. The molecule has 5 nitrogen and oxygen atoms in total. The van der Waals surface area contributed by atoms with Crippen LogP contribution in [-0.4, -0.2) is 24.3 Å². The van der Waals surface area contributed by atoms with E-state index in [4.69, 9.17) is 10.3 Å². The maximum Gasteiger partial charge on any atom is 0.200 e. The number of aromatic nitrogens is 1. The molecule has 3 N–H and O–H groups in total. The molecule has 1 saturated carbocycles. The van der Waals surface area contributed by atoms with Crippen molar-refractivity contribution < 1.29 is 49.8 Å². The van der Waals surface area contributed by atoms with Crippen LogP contribution in [0.4, 0.5) is 14.5 Å². The van der Waals surface area contributed by atoms with Crippen LogP contribution in [-0.2, 0) is 0 Å². The first-order chi connectivity index (χ1) is 13.4. The van der Waals surface area contributed by atoms with Gasteiger partial charge in [-0.2, -0.15) is 4.39 Å². The van der Waals surface area contributed by atoms with E-state index in [2.05, 4.69) is 16.6 Å². The molecule has 1 aromatic carbocycles. The molecular weight excluding hydrogens is 622 g/mol. The summed E-state index contributed by atoms with van der Waals surface area (Å²) in [7, 11) is 2.83. The molecule has 1 heterocycles. The van der Waals surface area contributed by atoms with E-state index >= 15 is 0 Å². The van der Waals surface area contributed by atoms with Crippen molar-refractivity contribution in [2.24, 2.45) is 11.1 Å². The van der Waals surface area contributed by atoms with E-state index in [1.807, 2.05) is 0 Å². The molecule has 0 radical (unpaired) electrons. The van der Waals surface area contributed by atoms with Crippen LogP contribution in [0.1, 0.15) is 39.0 Å². The van der Waals surface area contributed by atoms with Gasteiger partial charge in [-0.25, -0.2) is 9.37 Å². The molecule has 0 unspecified atom stereocenters. The van der Waals surface area contributed by atoms with E-state index in [1.165, 1.54) is 51.3 Å². The number of nitrogens with zero attached hydrogens (tertiary/aromatic N) is 2. The Balaban J connectivity index is 0.000000408. The van der Waals surface area contributed by atoms with Crippen LogP contribution in [0, 0.1) is 48.7 Å². The molecule has 1 aromatic heterocycles. The smallest absolute Gasteiger partial charge is 0.200 e. The van der Waals surface area contributed by atoms with Crippen molar-refractivity contribution in [1.29, 1.82) is 0 Å². The fraction of sp³-hybridized carbons (Fsp3) is 0.450. The molecule has 3 rings (SSSR count). The largest absolute Gasteiger partial charge is 0.494 e. The molecular formula is C20H29F2N3O2SU. The summed E-state index contributed by atoms with van der Waals surface area (Å²) in [5.41, 5.74) is 0.674. The summed E-state index contributed by atoms with van der Waals surface area (Å²) in [4.78, 5) is 3.94. The van der Waals surface area contributed by atoms with E-state index in [0.717, 1.165) is 29.0 Å². The molecule has 0 spiro atoms. The van der Waals surface area contributed by atoms with Crippen LogP contribution in [0.25, 0.3) is 0 Å². The third kappa shape index (κ3) is 11.2. The number of anilines is 1. The van der Waals surface area contributed by atoms with E-state index < -0.39 is 11.6 Å². The minimum absolute atomic E-state index is 0. The van der Waals surface area contributed by atoms with Crippen LogP contribution >= 0.6 is 11.9 Å². The minimum Gasteiger partial charge on any atom is -0.494 e. The first kappa shape index (κ1) is 28.2. The van der Waals surface area contributed by atoms with E-state index in [1.54, 1.807) is 25.4 Å². The molecule has 160 valence electrons. The molecule has 29 heavy (non-hydrogen) atoms. The molecule has 1 fully saturated rings. The fourth-order valence-electron chi connectivity index (χ4n) is 2.61. The van der Waals surface area contributed by atoms with Crippen molar-refractivity contribution in [2.45, 2.75) is 44.1 Å². The Labute approximate surface area is 199 Å². The van der Waals surface area contributed by atoms with Gasteiger partial charge in [0.2, 0.25) is 5.82 Å². The van der Waals surface area contributed by atoms with E-state index in [0.29, 0.717) is 10.7 Å². The monoisotopic (exact) mass is 651 g/mol. The van der Waals surface area contributed by atoms with Crippen molar-refractivity contribution in [3.05, 3.63) is 48.2 Å². The van der Waals surface area contributed by atoms with Crippen molar-refractivity contribution in [3.63, 3.8) is 0 Å². The van der Waals surface area contributed by atoms with Gasteiger partial charge in [0.25, 0.3) is 0 Å². The molecule has 0 saturated heterocycles. The summed E-state index contributed by atoms with van der Waals surface area (Å²) in [6.07, 6.45) is 9.03. The predicted molar refractivity (Wildman–Crippen MR) is 110 cm³/mol. The number of halogens is 2. The second-order valence-corrected chi connectivity index (χ2v) is 7.15. The Bertz CT molecular complexity index is 705. The van der Waals surface area contributed by atoms with Gasteiger partial charge < -0.3 is 4.74 Å². The summed E-state index contributed by atoms with van der Waals surface area (Å²) < 4.78 is 29.3. The summed E-state index contributed by atoms with van der Waals surface area (Å²) in [5, 5.41) is 16.0. The molecule has 0 atom stereocenters. The van der Waals surface area contributed by atoms with Gasteiger partial charge >= 0.3 is 0 Å². The van der Waals surface area contributed by atoms with Gasteiger partial charge in [0, 0.05) is 44.4 Å². The number of rotatable bonds is 3. The quantitative estimate of drug-likeness (QED) is 0.341. The van der Waals surface area contributed by atoms with Gasteiger partial charge in [-0.3, -0.25) is 15.4 Å². The Hall–Kier alpha value is -0.848. The molecule has 2 aromatic rings. The van der Waals surface area contributed by atoms with Crippen molar-refractivity contribution in [3.8, 4) is 5.75 Å². The van der Waals surface area contributed by atoms with Gasteiger partial charge in [0.05, 0.1) is 12.8 Å². The Morgan fingerprint density at radius 2 is 1.86 bits per heavy atom. The molecule has 0 aliphatic heterocycles. The minimum atomic E-state index is -0.940. The topological polar surface area (TPSA) is 71.6 Å². The van der Waals surface area contributed by atoms with Gasteiger partial charge in [-0.15, -0.1) is 0 Å². The van der Waals surface area contributed by atoms with Gasteiger partial charge in [0.15, 0.2) is 11.6 Å². The summed E-state index contributed by atoms with van der Waals surface area (Å²) >= 11 is 1.05. The number of benzene rings is 1. The van der Waals surface area contributed by atoms with Gasteiger partial charge in [-0.05, 0) is 42.1 Å². The second-order valence-electron chi connectivity index (χ2n) is 6.49. The third-order valence-corrected chi connectivity index (χ3v) is 4.71. The molecule has 1 aliphatic rings. The molecule has 0 amide bonds. The zero-order chi connectivity index (χ0) is 20.9. The van der Waals surface area contributed by atoms with Crippen molar-refractivity contribution in [2.75, 3.05) is 19.2 Å². The van der Waals surface area contributed by atoms with Crippen LogP contribution in [0.3, 0.4) is 0 Å².